The number of ether oxygens (including phenoxy) is 2. The summed E-state index contributed by atoms with van der Waals surface area (Å²) in [5, 5.41) is 5.55. The van der Waals surface area contributed by atoms with Crippen molar-refractivity contribution in [2.45, 2.75) is 32.9 Å². The highest BCUT2D eigenvalue weighted by atomic mass is 32.2. The Labute approximate surface area is 191 Å². The SMILES string of the molecule is COc1ccc2c(=O)n(C)nc(-c3ccc(CNS(=O)(=O)NC(=O)OC(C)(C)C)cc3)c2c1. The number of hydrogen-bond donors (Lipinski definition) is 2. The van der Waals surface area contributed by atoms with Crippen LogP contribution in [-0.4, -0.2) is 37.0 Å². The number of aryl methyl sites for hydroxylation is 1. The van der Waals surface area contributed by atoms with Crippen LogP contribution in [0.3, 0.4) is 0 Å². The third-order valence-corrected chi connectivity index (χ3v) is 5.53. The largest absolute Gasteiger partial charge is 0.497 e. The maximum atomic E-state index is 12.5. The van der Waals surface area contributed by atoms with Crippen molar-refractivity contribution in [3.63, 3.8) is 0 Å². The van der Waals surface area contributed by atoms with Crippen LogP contribution in [0, 0.1) is 0 Å². The summed E-state index contributed by atoms with van der Waals surface area (Å²) in [6.45, 7) is 4.85. The van der Waals surface area contributed by atoms with Crippen molar-refractivity contribution in [1.82, 2.24) is 19.2 Å². The molecule has 3 aromatic rings. The number of carbonyl (C=O) groups excluding carboxylic acids is 1. The van der Waals surface area contributed by atoms with Gasteiger partial charge in [0.05, 0.1) is 18.2 Å². The van der Waals surface area contributed by atoms with Crippen LogP contribution in [0.2, 0.25) is 0 Å². The molecule has 2 aromatic carbocycles. The van der Waals surface area contributed by atoms with E-state index in [0.717, 1.165) is 5.56 Å². The number of carbonyl (C=O) groups is 1. The van der Waals surface area contributed by atoms with Gasteiger partial charge in [-0.1, -0.05) is 24.3 Å². The minimum Gasteiger partial charge on any atom is -0.497 e. The number of methoxy groups -OCH3 is 1. The molecule has 0 spiro atoms. The van der Waals surface area contributed by atoms with Crippen molar-refractivity contribution >= 4 is 27.1 Å². The quantitative estimate of drug-likeness (QED) is 0.561. The zero-order valence-electron chi connectivity index (χ0n) is 19.0. The van der Waals surface area contributed by atoms with Crippen LogP contribution in [0.25, 0.3) is 22.0 Å². The van der Waals surface area contributed by atoms with Gasteiger partial charge < -0.3 is 9.47 Å². The monoisotopic (exact) mass is 474 g/mol. The number of amides is 1. The molecule has 10 nitrogen and oxygen atoms in total. The summed E-state index contributed by atoms with van der Waals surface area (Å²) in [6, 6.07) is 12.2. The molecule has 2 N–H and O–H groups in total. The van der Waals surface area contributed by atoms with Gasteiger partial charge in [0, 0.05) is 24.5 Å². The average molecular weight is 475 g/mol. The summed E-state index contributed by atoms with van der Waals surface area (Å²) in [6.07, 6.45) is -1.06. The number of rotatable bonds is 6. The molecule has 0 aliphatic rings. The summed E-state index contributed by atoms with van der Waals surface area (Å²) in [5.41, 5.74) is 0.936. The van der Waals surface area contributed by atoms with Crippen LogP contribution in [0.15, 0.2) is 47.3 Å². The Bertz CT molecular complexity index is 1340. The maximum Gasteiger partial charge on any atom is 0.422 e. The van der Waals surface area contributed by atoms with Gasteiger partial charge in [-0.25, -0.2) is 14.2 Å². The van der Waals surface area contributed by atoms with Crippen molar-refractivity contribution < 1.29 is 22.7 Å². The first-order chi connectivity index (χ1) is 15.4. The Hall–Kier alpha value is -3.44. The highest BCUT2D eigenvalue weighted by Crippen LogP contribution is 2.28. The van der Waals surface area contributed by atoms with Crippen molar-refractivity contribution in [2.75, 3.05) is 7.11 Å². The van der Waals surface area contributed by atoms with Crippen molar-refractivity contribution in [3.05, 3.63) is 58.4 Å². The summed E-state index contributed by atoms with van der Waals surface area (Å²) >= 11 is 0. The lowest BCUT2D eigenvalue weighted by atomic mass is 10.0. The molecule has 0 saturated carbocycles. The molecular weight excluding hydrogens is 448 g/mol. The van der Waals surface area contributed by atoms with E-state index in [-0.39, 0.29) is 12.1 Å². The van der Waals surface area contributed by atoms with E-state index >= 15 is 0 Å². The molecule has 176 valence electrons. The Kier molecular flexibility index (Phi) is 6.75. The Balaban J connectivity index is 1.80. The lowest BCUT2D eigenvalue weighted by molar-refractivity contribution is 0.0569. The molecule has 0 radical (unpaired) electrons. The number of aromatic nitrogens is 2. The number of fused-ring (bicyclic) bond motifs is 1. The third-order valence-electron chi connectivity index (χ3n) is 4.57. The van der Waals surface area contributed by atoms with E-state index in [1.807, 2.05) is 4.72 Å². The van der Waals surface area contributed by atoms with Crippen LogP contribution in [0.5, 0.6) is 5.75 Å². The van der Waals surface area contributed by atoms with Gasteiger partial charge in [-0.3, -0.25) is 4.79 Å². The fourth-order valence-corrected chi connectivity index (χ4v) is 3.76. The molecule has 0 aliphatic heterocycles. The van der Waals surface area contributed by atoms with E-state index in [4.69, 9.17) is 9.47 Å². The van der Waals surface area contributed by atoms with E-state index in [1.165, 1.54) is 4.68 Å². The van der Waals surface area contributed by atoms with E-state index < -0.39 is 21.9 Å². The molecule has 0 atom stereocenters. The van der Waals surface area contributed by atoms with E-state index in [2.05, 4.69) is 9.82 Å². The second kappa shape index (κ2) is 9.20. The predicted molar refractivity (Wildman–Crippen MR) is 124 cm³/mol. The second-order valence-corrected chi connectivity index (χ2v) is 9.81. The normalized spacial score (nSPS) is 11.9. The van der Waals surface area contributed by atoms with Crippen molar-refractivity contribution in [3.8, 4) is 17.0 Å². The fraction of sp³-hybridized carbons (Fsp3) is 0.318. The standard InChI is InChI=1S/C22H26N4O6S/c1-22(2,3)32-21(28)25-33(29,30)23-13-14-6-8-15(9-7-14)19-18-12-16(31-5)10-11-17(18)20(27)26(4)24-19/h6-12,23H,13H2,1-5H3,(H,25,28). The Morgan fingerprint density at radius 2 is 1.76 bits per heavy atom. The third kappa shape index (κ3) is 6.08. The van der Waals surface area contributed by atoms with Crippen LogP contribution < -0.4 is 19.7 Å². The van der Waals surface area contributed by atoms with Crippen LogP contribution in [0.1, 0.15) is 26.3 Å². The zero-order chi connectivity index (χ0) is 24.4. The van der Waals surface area contributed by atoms with Crippen molar-refractivity contribution in [2.24, 2.45) is 7.05 Å². The van der Waals surface area contributed by atoms with Crippen LogP contribution >= 0.6 is 0 Å². The topological polar surface area (TPSA) is 129 Å². The highest BCUT2D eigenvalue weighted by Gasteiger charge is 2.21. The van der Waals surface area contributed by atoms with Gasteiger partial charge in [0.1, 0.15) is 11.4 Å². The molecule has 0 unspecified atom stereocenters. The molecule has 0 saturated heterocycles. The van der Waals surface area contributed by atoms with Gasteiger partial charge >= 0.3 is 16.3 Å². The minimum absolute atomic E-state index is 0.0479. The molecule has 11 heteroatoms. The summed E-state index contributed by atoms with van der Waals surface area (Å²) in [4.78, 5) is 24.2. The first-order valence-corrected chi connectivity index (χ1v) is 11.5. The second-order valence-electron chi connectivity index (χ2n) is 8.31. The van der Waals surface area contributed by atoms with Crippen molar-refractivity contribution in [1.29, 1.82) is 0 Å². The lowest BCUT2D eigenvalue weighted by Gasteiger charge is -2.19. The van der Waals surface area contributed by atoms with Crippen LogP contribution in [0.4, 0.5) is 4.79 Å². The Morgan fingerprint density at radius 3 is 2.36 bits per heavy atom. The highest BCUT2D eigenvalue weighted by molar-refractivity contribution is 7.88. The number of nitrogens with zero attached hydrogens (tertiary/aromatic N) is 2. The van der Waals surface area contributed by atoms with Gasteiger partial charge in [0.2, 0.25) is 0 Å². The summed E-state index contributed by atoms with van der Waals surface area (Å²) in [7, 11) is -0.975. The van der Waals surface area contributed by atoms with Gasteiger partial charge in [-0.2, -0.15) is 18.2 Å². The predicted octanol–water partition coefficient (Wildman–Crippen LogP) is 2.47. The summed E-state index contributed by atoms with van der Waals surface area (Å²) < 4.78 is 39.8. The first kappa shape index (κ1) is 24.2. The Morgan fingerprint density at radius 1 is 1.09 bits per heavy atom. The first-order valence-electron chi connectivity index (χ1n) is 10.0. The van der Waals surface area contributed by atoms with E-state index in [9.17, 15) is 18.0 Å². The number of hydrogen-bond acceptors (Lipinski definition) is 7. The van der Waals surface area contributed by atoms with Gasteiger partial charge in [0.15, 0.2) is 0 Å². The molecule has 3 rings (SSSR count). The van der Waals surface area contributed by atoms with Gasteiger partial charge in [-0.15, -0.1) is 0 Å². The lowest BCUT2D eigenvalue weighted by Crippen LogP contribution is -2.42. The molecule has 33 heavy (non-hydrogen) atoms. The smallest absolute Gasteiger partial charge is 0.422 e. The average Bonchev–Trinajstić information content (AvgIpc) is 2.73. The molecular formula is C22H26N4O6S. The molecule has 1 aromatic heterocycles. The van der Waals surface area contributed by atoms with E-state index in [1.54, 1.807) is 77.4 Å². The van der Waals surface area contributed by atoms with Crippen LogP contribution in [-0.2, 0) is 28.5 Å². The molecule has 0 fully saturated rings. The molecule has 0 bridgehead atoms. The fourth-order valence-electron chi connectivity index (χ4n) is 3.07. The summed E-state index contributed by atoms with van der Waals surface area (Å²) in [5.74, 6) is 0.599. The molecule has 1 amide bonds. The molecule has 1 heterocycles. The minimum atomic E-state index is -4.10. The zero-order valence-corrected chi connectivity index (χ0v) is 19.8. The molecule has 0 aliphatic carbocycles. The number of nitrogens with one attached hydrogen (secondary N) is 2. The van der Waals surface area contributed by atoms with E-state index in [0.29, 0.717) is 27.8 Å². The maximum absolute atomic E-state index is 12.5. The van der Waals surface area contributed by atoms with Gasteiger partial charge in [-0.05, 0) is 44.5 Å². The van der Waals surface area contributed by atoms with Gasteiger partial charge in [0.25, 0.3) is 5.56 Å². The number of benzene rings is 2.